The van der Waals surface area contributed by atoms with Gasteiger partial charge in [0, 0.05) is 6.20 Å². The maximum atomic E-state index is 12.8. The van der Waals surface area contributed by atoms with Crippen LogP contribution in [-0.4, -0.2) is 21.0 Å². The van der Waals surface area contributed by atoms with Gasteiger partial charge in [-0.05, 0) is 42.9 Å². The molecule has 4 rings (SSSR count). The van der Waals surface area contributed by atoms with Gasteiger partial charge < -0.3 is 9.52 Å². The predicted molar refractivity (Wildman–Crippen MR) is 88.5 cm³/mol. The van der Waals surface area contributed by atoms with E-state index in [0.717, 1.165) is 18.4 Å². The van der Waals surface area contributed by atoms with Gasteiger partial charge in [-0.1, -0.05) is 13.3 Å². The second-order valence-electron chi connectivity index (χ2n) is 6.17. The van der Waals surface area contributed by atoms with Crippen molar-refractivity contribution in [3.63, 3.8) is 0 Å². The highest BCUT2D eigenvalue weighted by Gasteiger charge is 2.22. The Hall–Kier alpha value is -2.76. The molecule has 3 aromatic heterocycles. The Labute approximate surface area is 137 Å². The van der Waals surface area contributed by atoms with E-state index in [9.17, 15) is 14.7 Å². The standard InChI is InChI=1S/C18H16N2O4/c1-2-14-11(18(22)23)7-13-15(21)12-6-10(9-4-3-5-9)8-19-16(12)24-17(13)20-14/h6-9H,2-5H2,1H3,(H,22,23). The summed E-state index contributed by atoms with van der Waals surface area (Å²) in [5.41, 5.74) is 1.57. The minimum Gasteiger partial charge on any atom is -0.478 e. The van der Waals surface area contributed by atoms with E-state index in [4.69, 9.17) is 4.42 Å². The Morgan fingerprint density at radius 3 is 2.67 bits per heavy atom. The van der Waals surface area contributed by atoms with Crippen molar-refractivity contribution in [2.75, 3.05) is 0 Å². The molecule has 0 spiro atoms. The summed E-state index contributed by atoms with van der Waals surface area (Å²) < 4.78 is 5.68. The van der Waals surface area contributed by atoms with Crippen molar-refractivity contribution in [2.24, 2.45) is 0 Å². The zero-order valence-electron chi connectivity index (χ0n) is 13.2. The maximum Gasteiger partial charge on any atom is 0.337 e. The summed E-state index contributed by atoms with van der Waals surface area (Å²) in [6.45, 7) is 1.81. The molecule has 1 fully saturated rings. The maximum absolute atomic E-state index is 12.8. The minimum absolute atomic E-state index is 0.0414. The van der Waals surface area contributed by atoms with Gasteiger partial charge in [0.2, 0.25) is 16.9 Å². The van der Waals surface area contributed by atoms with Gasteiger partial charge >= 0.3 is 5.97 Å². The van der Waals surface area contributed by atoms with Crippen molar-refractivity contribution in [3.8, 4) is 0 Å². The van der Waals surface area contributed by atoms with Crippen LogP contribution >= 0.6 is 0 Å². The first kappa shape index (κ1) is 14.8. The van der Waals surface area contributed by atoms with Crippen molar-refractivity contribution in [1.82, 2.24) is 9.97 Å². The minimum atomic E-state index is -1.10. The number of aromatic carboxylic acids is 1. The van der Waals surface area contributed by atoms with E-state index >= 15 is 0 Å². The topological polar surface area (TPSA) is 93.3 Å². The van der Waals surface area contributed by atoms with Crippen LogP contribution in [0.4, 0.5) is 0 Å². The average Bonchev–Trinajstić information content (AvgIpc) is 2.52. The summed E-state index contributed by atoms with van der Waals surface area (Å²) in [5, 5.41) is 9.90. The number of fused-ring (bicyclic) bond motifs is 2. The lowest BCUT2D eigenvalue weighted by Crippen LogP contribution is -2.12. The summed E-state index contributed by atoms with van der Waals surface area (Å²) in [4.78, 5) is 32.7. The first-order valence-corrected chi connectivity index (χ1v) is 8.08. The Balaban J connectivity index is 2.01. The molecule has 122 valence electrons. The van der Waals surface area contributed by atoms with Crippen molar-refractivity contribution in [2.45, 2.75) is 38.5 Å². The van der Waals surface area contributed by atoms with E-state index in [0.29, 0.717) is 23.4 Å². The molecular formula is C18H16N2O4. The van der Waals surface area contributed by atoms with Gasteiger partial charge in [0.15, 0.2) is 0 Å². The molecule has 0 aliphatic heterocycles. The highest BCUT2D eigenvalue weighted by Crippen LogP contribution is 2.36. The van der Waals surface area contributed by atoms with Crippen molar-refractivity contribution in [3.05, 3.63) is 45.4 Å². The van der Waals surface area contributed by atoms with Crippen LogP contribution in [0.25, 0.3) is 22.2 Å². The van der Waals surface area contributed by atoms with Crippen LogP contribution in [0.2, 0.25) is 0 Å². The number of hydrogen-bond donors (Lipinski definition) is 1. The Morgan fingerprint density at radius 1 is 1.29 bits per heavy atom. The smallest absolute Gasteiger partial charge is 0.337 e. The van der Waals surface area contributed by atoms with Crippen LogP contribution in [0.1, 0.15) is 53.7 Å². The molecule has 3 aromatic rings. The number of aromatic nitrogens is 2. The molecule has 0 bridgehead atoms. The number of rotatable bonds is 3. The van der Waals surface area contributed by atoms with E-state index in [-0.39, 0.29) is 27.8 Å². The third-order valence-corrected chi connectivity index (χ3v) is 4.76. The van der Waals surface area contributed by atoms with Gasteiger partial charge in [-0.3, -0.25) is 4.79 Å². The molecule has 0 saturated heterocycles. The molecule has 0 unspecified atom stereocenters. The van der Waals surface area contributed by atoms with Gasteiger partial charge in [-0.25, -0.2) is 14.8 Å². The van der Waals surface area contributed by atoms with E-state index in [1.807, 2.05) is 13.0 Å². The molecule has 1 saturated carbocycles. The summed E-state index contributed by atoms with van der Waals surface area (Å²) in [7, 11) is 0. The fourth-order valence-corrected chi connectivity index (χ4v) is 3.14. The molecular weight excluding hydrogens is 308 g/mol. The number of hydrogen-bond acceptors (Lipinski definition) is 5. The van der Waals surface area contributed by atoms with E-state index in [1.165, 1.54) is 12.5 Å². The lowest BCUT2D eigenvalue weighted by molar-refractivity contribution is 0.0695. The molecule has 3 heterocycles. The zero-order valence-corrected chi connectivity index (χ0v) is 13.2. The number of carbonyl (C=O) groups is 1. The predicted octanol–water partition coefficient (Wildman–Crippen LogP) is 3.26. The fourth-order valence-electron chi connectivity index (χ4n) is 3.14. The molecule has 0 atom stereocenters. The van der Waals surface area contributed by atoms with Gasteiger partial charge in [-0.15, -0.1) is 0 Å². The number of pyridine rings is 2. The van der Waals surface area contributed by atoms with Gasteiger partial charge in [-0.2, -0.15) is 0 Å². The van der Waals surface area contributed by atoms with Crippen molar-refractivity contribution < 1.29 is 14.3 Å². The third kappa shape index (κ3) is 2.18. The van der Waals surface area contributed by atoms with Gasteiger partial charge in [0.1, 0.15) is 0 Å². The molecule has 24 heavy (non-hydrogen) atoms. The first-order valence-electron chi connectivity index (χ1n) is 8.08. The normalized spacial score (nSPS) is 14.9. The largest absolute Gasteiger partial charge is 0.478 e. The highest BCUT2D eigenvalue weighted by molar-refractivity contribution is 5.95. The number of carboxylic acids is 1. The Bertz CT molecular complexity index is 1030. The second kappa shape index (κ2) is 5.40. The SMILES string of the molecule is CCc1nc2oc3ncc(C4CCC4)cc3c(=O)c2cc1C(=O)O. The molecule has 0 aromatic carbocycles. The lowest BCUT2D eigenvalue weighted by atomic mass is 9.80. The summed E-state index contributed by atoms with van der Waals surface area (Å²) in [6.07, 6.45) is 5.61. The number of aryl methyl sites for hydroxylation is 1. The van der Waals surface area contributed by atoms with Crippen molar-refractivity contribution >= 4 is 28.2 Å². The second-order valence-corrected chi connectivity index (χ2v) is 6.17. The van der Waals surface area contributed by atoms with Gasteiger partial charge in [0.05, 0.1) is 22.0 Å². The molecule has 6 heteroatoms. The molecule has 0 radical (unpaired) electrons. The summed E-state index contributed by atoms with van der Waals surface area (Å²) >= 11 is 0. The molecule has 1 aliphatic rings. The first-order chi connectivity index (χ1) is 11.6. The Morgan fingerprint density at radius 2 is 2.04 bits per heavy atom. The highest BCUT2D eigenvalue weighted by atomic mass is 16.4. The van der Waals surface area contributed by atoms with Crippen LogP contribution in [0, 0.1) is 0 Å². The number of nitrogens with zero attached hydrogens (tertiary/aromatic N) is 2. The van der Waals surface area contributed by atoms with Crippen LogP contribution in [0.5, 0.6) is 0 Å². The monoisotopic (exact) mass is 324 g/mol. The van der Waals surface area contributed by atoms with E-state index in [2.05, 4.69) is 9.97 Å². The molecule has 0 amide bonds. The summed E-state index contributed by atoms with van der Waals surface area (Å²) in [5.74, 6) is -0.644. The number of carboxylic acid groups (broad SMARTS) is 1. The summed E-state index contributed by atoms with van der Waals surface area (Å²) in [6, 6.07) is 3.19. The Kier molecular flexibility index (Phi) is 3.33. The van der Waals surface area contributed by atoms with Crippen LogP contribution in [0.15, 0.2) is 27.5 Å². The molecule has 1 N–H and O–H groups in total. The van der Waals surface area contributed by atoms with Crippen LogP contribution in [-0.2, 0) is 6.42 Å². The third-order valence-electron chi connectivity index (χ3n) is 4.76. The lowest BCUT2D eigenvalue weighted by Gasteiger charge is -2.25. The molecule has 1 aliphatic carbocycles. The quantitative estimate of drug-likeness (QED) is 0.743. The van der Waals surface area contributed by atoms with E-state index in [1.54, 1.807) is 6.20 Å². The van der Waals surface area contributed by atoms with Crippen molar-refractivity contribution in [1.29, 1.82) is 0 Å². The van der Waals surface area contributed by atoms with E-state index < -0.39 is 5.97 Å². The van der Waals surface area contributed by atoms with Gasteiger partial charge in [0.25, 0.3) is 0 Å². The zero-order chi connectivity index (χ0) is 16.8. The fraction of sp³-hybridized carbons (Fsp3) is 0.333. The van der Waals surface area contributed by atoms with Crippen LogP contribution < -0.4 is 5.43 Å². The van der Waals surface area contributed by atoms with Crippen LogP contribution in [0.3, 0.4) is 0 Å². The average molecular weight is 324 g/mol. The molecule has 6 nitrogen and oxygen atoms in total.